The molecule has 0 aliphatic rings. The molecule has 2 aromatic rings. The highest BCUT2D eigenvalue weighted by atomic mass is 16.6. The van der Waals surface area contributed by atoms with E-state index < -0.39 is 4.92 Å². The van der Waals surface area contributed by atoms with Crippen LogP contribution in [0.25, 0.3) is 0 Å². The normalized spacial score (nSPS) is 10.5. The summed E-state index contributed by atoms with van der Waals surface area (Å²) in [5.41, 5.74) is 7.28. The van der Waals surface area contributed by atoms with Gasteiger partial charge in [0.2, 0.25) is 0 Å². The molecule has 7 nitrogen and oxygen atoms in total. The van der Waals surface area contributed by atoms with Crippen molar-refractivity contribution in [2.24, 2.45) is 5.73 Å². The highest BCUT2D eigenvalue weighted by molar-refractivity contribution is 5.48. The van der Waals surface area contributed by atoms with E-state index in [2.05, 4.69) is 5.10 Å². The van der Waals surface area contributed by atoms with E-state index in [4.69, 9.17) is 10.5 Å². The molecule has 0 spiro atoms. The van der Waals surface area contributed by atoms with Crippen LogP contribution in [0.5, 0.6) is 5.75 Å². The number of rotatable bonds is 6. The minimum Gasteiger partial charge on any atom is -0.490 e. The van der Waals surface area contributed by atoms with Crippen LogP contribution in [0.3, 0.4) is 0 Å². The van der Waals surface area contributed by atoms with Gasteiger partial charge >= 0.3 is 5.69 Å². The fourth-order valence-corrected chi connectivity index (χ4v) is 1.95. The topological polar surface area (TPSA) is 96.2 Å². The molecule has 1 heterocycles. The summed E-state index contributed by atoms with van der Waals surface area (Å²) in [5.74, 6) is 0.253. The number of hydrogen-bond donors (Lipinski definition) is 1. The molecule has 0 amide bonds. The van der Waals surface area contributed by atoms with Gasteiger partial charge in [-0.1, -0.05) is 6.07 Å². The molecule has 0 aliphatic heterocycles. The molecule has 20 heavy (non-hydrogen) atoms. The summed E-state index contributed by atoms with van der Waals surface area (Å²) in [5, 5.41) is 15.2. The number of aromatic nitrogens is 2. The summed E-state index contributed by atoms with van der Waals surface area (Å²) in [6.45, 7) is 1.04. The predicted molar refractivity (Wildman–Crippen MR) is 73.7 cm³/mol. The van der Waals surface area contributed by atoms with E-state index in [1.54, 1.807) is 23.0 Å². The van der Waals surface area contributed by atoms with Gasteiger partial charge in [-0.2, -0.15) is 5.10 Å². The largest absolute Gasteiger partial charge is 0.490 e. The van der Waals surface area contributed by atoms with Crippen molar-refractivity contribution in [1.82, 2.24) is 9.78 Å². The van der Waals surface area contributed by atoms with Gasteiger partial charge in [0.05, 0.1) is 24.8 Å². The number of benzene rings is 1. The predicted octanol–water partition coefficient (Wildman–Crippen LogP) is 1.35. The van der Waals surface area contributed by atoms with Gasteiger partial charge in [-0.15, -0.1) is 0 Å². The lowest BCUT2D eigenvalue weighted by molar-refractivity contribution is -0.385. The molecule has 0 fully saturated rings. The Labute approximate surface area is 116 Å². The van der Waals surface area contributed by atoms with Crippen molar-refractivity contribution in [3.05, 3.63) is 51.8 Å². The smallest absolute Gasteiger partial charge is 0.311 e. The standard InChI is InChI=1S/C13H16N4O3/c1-20-13-3-2-10(6-12(13)17(18)19)8-16-9-11(4-5-14)7-15-16/h2-3,6-7,9H,4-5,8,14H2,1H3. The van der Waals surface area contributed by atoms with Crippen LogP contribution >= 0.6 is 0 Å². The van der Waals surface area contributed by atoms with Crippen molar-refractivity contribution in [2.75, 3.05) is 13.7 Å². The lowest BCUT2D eigenvalue weighted by Gasteiger charge is -2.05. The Kier molecular flexibility index (Phi) is 4.31. The number of nitro benzene ring substituents is 1. The van der Waals surface area contributed by atoms with Gasteiger partial charge in [-0.05, 0) is 30.2 Å². The molecular weight excluding hydrogens is 260 g/mol. The number of ether oxygens (including phenoxy) is 1. The van der Waals surface area contributed by atoms with Crippen LogP contribution in [0, 0.1) is 10.1 Å². The molecule has 1 aromatic carbocycles. The van der Waals surface area contributed by atoms with Crippen LogP contribution in [-0.4, -0.2) is 28.4 Å². The van der Waals surface area contributed by atoms with Crippen LogP contribution in [0.2, 0.25) is 0 Å². The molecule has 0 saturated carbocycles. The summed E-state index contributed by atoms with van der Waals surface area (Å²) in [7, 11) is 1.41. The SMILES string of the molecule is COc1ccc(Cn2cc(CCN)cn2)cc1[N+](=O)[O-]. The summed E-state index contributed by atoms with van der Waals surface area (Å²) in [6, 6.07) is 4.89. The average molecular weight is 276 g/mol. The summed E-state index contributed by atoms with van der Waals surface area (Å²) < 4.78 is 6.70. The van der Waals surface area contributed by atoms with Gasteiger partial charge in [-0.3, -0.25) is 14.8 Å². The van der Waals surface area contributed by atoms with Crippen molar-refractivity contribution in [2.45, 2.75) is 13.0 Å². The maximum absolute atomic E-state index is 11.0. The third-order valence-electron chi connectivity index (χ3n) is 2.90. The van der Waals surface area contributed by atoms with Gasteiger partial charge in [0.25, 0.3) is 0 Å². The molecule has 0 atom stereocenters. The lowest BCUT2D eigenvalue weighted by atomic mass is 10.2. The number of nitro groups is 1. The number of nitrogens with two attached hydrogens (primary N) is 1. The van der Waals surface area contributed by atoms with E-state index in [9.17, 15) is 10.1 Å². The highest BCUT2D eigenvalue weighted by Crippen LogP contribution is 2.27. The Morgan fingerprint density at radius 2 is 2.25 bits per heavy atom. The quantitative estimate of drug-likeness (QED) is 0.634. The van der Waals surface area contributed by atoms with E-state index in [-0.39, 0.29) is 11.4 Å². The van der Waals surface area contributed by atoms with Crippen molar-refractivity contribution in [1.29, 1.82) is 0 Å². The first-order valence-electron chi connectivity index (χ1n) is 6.16. The molecule has 2 rings (SSSR count). The molecule has 106 valence electrons. The maximum atomic E-state index is 11.0. The van der Waals surface area contributed by atoms with E-state index in [1.165, 1.54) is 13.2 Å². The monoisotopic (exact) mass is 276 g/mol. The van der Waals surface area contributed by atoms with Crippen LogP contribution in [0.4, 0.5) is 5.69 Å². The average Bonchev–Trinajstić information content (AvgIpc) is 2.86. The van der Waals surface area contributed by atoms with E-state index >= 15 is 0 Å². The molecule has 0 radical (unpaired) electrons. The van der Waals surface area contributed by atoms with Gasteiger partial charge in [0, 0.05) is 12.3 Å². The Morgan fingerprint density at radius 1 is 1.45 bits per heavy atom. The minimum absolute atomic E-state index is 0.0423. The van der Waals surface area contributed by atoms with Crippen LogP contribution in [0.15, 0.2) is 30.6 Å². The Morgan fingerprint density at radius 3 is 2.90 bits per heavy atom. The summed E-state index contributed by atoms with van der Waals surface area (Å²) in [4.78, 5) is 10.5. The minimum atomic E-state index is -0.453. The number of nitrogens with zero attached hydrogens (tertiary/aromatic N) is 3. The number of methoxy groups -OCH3 is 1. The summed E-state index contributed by atoms with van der Waals surface area (Å²) >= 11 is 0. The second-order valence-corrected chi connectivity index (χ2v) is 4.35. The molecule has 0 aliphatic carbocycles. The molecule has 0 bridgehead atoms. The third-order valence-corrected chi connectivity index (χ3v) is 2.90. The van der Waals surface area contributed by atoms with Crippen molar-refractivity contribution >= 4 is 5.69 Å². The van der Waals surface area contributed by atoms with Crippen molar-refractivity contribution in [3.8, 4) is 5.75 Å². The highest BCUT2D eigenvalue weighted by Gasteiger charge is 2.15. The van der Waals surface area contributed by atoms with Gasteiger partial charge < -0.3 is 10.5 Å². The zero-order valence-corrected chi connectivity index (χ0v) is 11.2. The van der Waals surface area contributed by atoms with E-state index in [0.29, 0.717) is 13.1 Å². The molecule has 7 heteroatoms. The van der Waals surface area contributed by atoms with Crippen molar-refractivity contribution < 1.29 is 9.66 Å². The van der Waals surface area contributed by atoms with E-state index in [1.807, 2.05) is 6.20 Å². The second-order valence-electron chi connectivity index (χ2n) is 4.35. The first kappa shape index (κ1) is 14.0. The Balaban J connectivity index is 2.20. The first-order valence-corrected chi connectivity index (χ1v) is 6.16. The maximum Gasteiger partial charge on any atom is 0.311 e. The molecular formula is C13H16N4O3. The fraction of sp³-hybridized carbons (Fsp3) is 0.308. The van der Waals surface area contributed by atoms with E-state index in [0.717, 1.165) is 17.5 Å². The molecule has 0 unspecified atom stereocenters. The molecule has 2 N–H and O–H groups in total. The lowest BCUT2D eigenvalue weighted by Crippen LogP contribution is -2.03. The van der Waals surface area contributed by atoms with Crippen LogP contribution in [-0.2, 0) is 13.0 Å². The van der Waals surface area contributed by atoms with Gasteiger partial charge in [0.1, 0.15) is 0 Å². The van der Waals surface area contributed by atoms with Crippen LogP contribution < -0.4 is 10.5 Å². The van der Waals surface area contributed by atoms with Gasteiger partial charge in [0.15, 0.2) is 5.75 Å². The van der Waals surface area contributed by atoms with Crippen molar-refractivity contribution in [3.63, 3.8) is 0 Å². The third kappa shape index (κ3) is 3.12. The molecule has 0 saturated heterocycles. The number of hydrogen-bond acceptors (Lipinski definition) is 5. The Bertz CT molecular complexity index is 609. The van der Waals surface area contributed by atoms with Gasteiger partial charge in [-0.25, -0.2) is 0 Å². The van der Waals surface area contributed by atoms with Crippen LogP contribution in [0.1, 0.15) is 11.1 Å². The zero-order valence-electron chi connectivity index (χ0n) is 11.2. The zero-order chi connectivity index (χ0) is 14.5. The fourth-order valence-electron chi connectivity index (χ4n) is 1.95. The summed E-state index contributed by atoms with van der Waals surface area (Å²) in [6.07, 6.45) is 4.41. The second kappa shape index (κ2) is 6.16. The first-order chi connectivity index (χ1) is 9.63. The molecule has 1 aromatic heterocycles. The Hall–Kier alpha value is -2.41.